The summed E-state index contributed by atoms with van der Waals surface area (Å²) in [5.41, 5.74) is 1.05. The second-order valence-corrected chi connectivity index (χ2v) is 6.34. The summed E-state index contributed by atoms with van der Waals surface area (Å²) in [6.45, 7) is 0. The van der Waals surface area contributed by atoms with E-state index in [2.05, 4.69) is 39.8 Å². The molecular weight excluding hydrogens is 302 g/mol. The zero-order chi connectivity index (χ0) is 16.9. The Morgan fingerprint density at radius 3 is 2.54 bits per heavy atom. The molecular formula is C18H23N5O. The maximum absolute atomic E-state index is 12.2. The van der Waals surface area contributed by atoms with E-state index in [1.807, 2.05) is 36.4 Å². The van der Waals surface area contributed by atoms with Crippen molar-refractivity contribution >= 4 is 17.4 Å². The first kappa shape index (κ1) is 16.4. The summed E-state index contributed by atoms with van der Waals surface area (Å²) in [4.78, 5) is 14.4. The van der Waals surface area contributed by atoms with Crippen LogP contribution in [-0.2, 0) is 0 Å². The quantitative estimate of drug-likeness (QED) is 0.884. The van der Waals surface area contributed by atoms with Gasteiger partial charge < -0.3 is 15.5 Å². The van der Waals surface area contributed by atoms with E-state index in [9.17, 15) is 4.79 Å². The second-order valence-electron chi connectivity index (χ2n) is 6.34. The van der Waals surface area contributed by atoms with Crippen molar-refractivity contribution in [2.45, 2.75) is 31.3 Å². The van der Waals surface area contributed by atoms with Gasteiger partial charge >= 0.3 is 0 Å². The molecule has 3 rings (SSSR count). The highest BCUT2D eigenvalue weighted by Crippen LogP contribution is 2.25. The summed E-state index contributed by atoms with van der Waals surface area (Å²) in [6.07, 6.45) is 3.53. The molecule has 1 aromatic carbocycles. The number of nitrogens with zero attached hydrogens (tertiary/aromatic N) is 3. The maximum atomic E-state index is 12.2. The molecule has 0 radical (unpaired) electrons. The number of aromatic nitrogens is 2. The minimum Gasteiger partial charge on any atom is -0.364 e. The molecule has 2 aromatic rings. The molecule has 1 heterocycles. The smallest absolute Gasteiger partial charge is 0.276 e. The van der Waals surface area contributed by atoms with Crippen LogP contribution < -0.4 is 10.6 Å². The zero-order valence-electron chi connectivity index (χ0n) is 14.1. The molecule has 2 atom stereocenters. The van der Waals surface area contributed by atoms with E-state index in [1.54, 1.807) is 6.07 Å². The monoisotopic (exact) mass is 325 g/mol. The molecule has 6 heteroatoms. The van der Waals surface area contributed by atoms with Crippen LogP contribution in [0.2, 0.25) is 0 Å². The summed E-state index contributed by atoms with van der Waals surface area (Å²) in [5.74, 6) is 0.456. The summed E-state index contributed by atoms with van der Waals surface area (Å²) < 4.78 is 0. The van der Waals surface area contributed by atoms with E-state index in [0.717, 1.165) is 12.1 Å². The van der Waals surface area contributed by atoms with Crippen LogP contribution in [0.15, 0.2) is 42.5 Å². The number of likely N-dealkylation sites (N-methyl/N-ethyl adjacent to an activating group) is 1. The fourth-order valence-corrected chi connectivity index (χ4v) is 3.16. The Morgan fingerprint density at radius 2 is 1.88 bits per heavy atom. The molecule has 24 heavy (non-hydrogen) atoms. The standard InChI is InChI=1S/C18H23N5O/c1-23(2)16-10-6-9-14(16)20-17-12-11-15(21-22-17)18(24)19-13-7-4-3-5-8-13/h3-5,7-8,11-12,14,16H,6,9-10H2,1-2H3,(H,19,24)(H,20,22)/t14-,16+/m0/s1. The van der Waals surface area contributed by atoms with Crippen molar-refractivity contribution in [1.82, 2.24) is 15.1 Å². The maximum Gasteiger partial charge on any atom is 0.276 e. The van der Waals surface area contributed by atoms with Crippen LogP contribution in [0.4, 0.5) is 11.5 Å². The first-order valence-corrected chi connectivity index (χ1v) is 8.26. The number of amides is 1. The van der Waals surface area contributed by atoms with Crippen molar-refractivity contribution in [1.29, 1.82) is 0 Å². The molecule has 0 saturated heterocycles. The van der Waals surface area contributed by atoms with Crippen LogP contribution in [0.5, 0.6) is 0 Å². The Kier molecular flexibility index (Phi) is 5.05. The van der Waals surface area contributed by atoms with Crippen molar-refractivity contribution in [2.24, 2.45) is 0 Å². The van der Waals surface area contributed by atoms with Gasteiger partial charge in [-0.1, -0.05) is 18.2 Å². The van der Waals surface area contributed by atoms with E-state index < -0.39 is 0 Å². The normalized spacial score (nSPS) is 20.1. The van der Waals surface area contributed by atoms with E-state index in [1.165, 1.54) is 12.8 Å². The Balaban J connectivity index is 1.62. The lowest BCUT2D eigenvalue weighted by atomic mass is 10.1. The Bertz CT molecular complexity index is 672. The number of benzene rings is 1. The van der Waals surface area contributed by atoms with Gasteiger partial charge in [0.05, 0.1) is 0 Å². The largest absolute Gasteiger partial charge is 0.364 e. The number of para-hydroxylation sites is 1. The van der Waals surface area contributed by atoms with Gasteiger partial charge in [-0.3, -0.25) is 4.79 Å². The summed E-state index contributed by atoms with van der Waals surface area (Å²) in [7, 11) is 4.21. The molecule has 0 aliphatic heterocycles. The first-order chi connectivity index (χ1) is 11.6. The molecule has 126 valence electrons. The van der Waals surface area contributed by atoms with E-state index in [-0.39, 0.29) is 5.91 Å². The van der Waals surface area contributed by atoms with Crippen molar-refractivity contribution < 1.29 is 4.79 Å². The average Bonchev–Trinajstić information content (AvgIpc) is 3.05. The van der Waals surface area contributed by atoms with Crippen molar-refractivity contribution in [3.63, 3.8) is 0 Å². The van der Waals surface area contributed by atoms with Gasteiger partial charge in [0, 0.05) is 17.8 Å². The third-order valence-electron chi connectivity index (χ3n) is 4.40. The highest BCUT2D eigenvalue weighted by Gasteiger charge is 2.28. The molecule has 0 unspecified atom stereocenters. The van der Waals surface area contributed by atoms with Gasteiger partial charge in [-0.2, -0.15) is 0 Å². The van der Waals surface area contributed by atoms with Gasteiger partial charge in [0.1, 0.15) is 5.82 Å². The number of hydrogen-bond acceptors (Lipinski definition) is 5. The molecule has 1 aliphatic rings. The van der Waals surface area contributed by atoms with E-state index in [0.29, 0.717) is 23.6 Å². The minimum atomic E-state index is -0.257. The molecule has 1 aliphatic carbocycles. The van der Waals surface area contributed by atoms with Crippen molar-refractivity contribution in [3.05, 3.63) is 48.2 Å². The number of hydrogen-bond donors (Lipinski definition) is 2. The van der Waals surface area contributed by atoms with Crippen molar-refractivity contribution in [2.75, 3.05) is 24.7 Å². The molecule has 1 aromatic heterocycles. The van der Waals surface area contributed by atoms with Crippen LogP contribution in [0.1, 0.15) is 29.8 Å². The van der Waals surface area contributed by atoms with Crippen molar-refractivity contribution in [3.8, 4) is 0 Å². The summed E-state index contributed by atoms with van der Waals surface area (Å²) in [6, 6.07) is 13.7. The minimum absolute atomic E-state index is 0.257. The number of rotatable bonds is 5. The summed E-state index contributed by atoms with van der Waals surface area (Å²) >= 11 is 0. The second kappa shape index (κ2) is 7.40. The molecule has 1 saturated carbocycles. The molecule has 6 nitrogen and oxygen atoms in total. The highest BCUT2D eigenvalue weighted by atomic mass is 16.1. The predicted octanol–water partition coefficient (Wildman–Crippen LogP) is 2.62. The van der Waals surface area contributed by atoms with Crippen LogP contribution >= 0.6 is 0 Å². The molecule has 0 bridgehead atoms. The van der Waals surface area contributed by atoms with Gasteiger partial charge in [-0.05, 0) is 57.6 Å². The SMILES string of the molecule is CN(C)[C@@H]1CCC[C@@H]1Nc1ccc(C(=O)Nc2ccccc2)nn1. The lowest BCUT2D eigenvalue weighted by Crippen LogP contribution is -2.39. The predicted molar refractivity (Wildman–Crippen MR) is 95.2 cm³/mol. The number of carbonyl (C=O) groups excluding carboxylic acids is 1. The molecule has 2 N–H and O–H groups in total. The van der Waals surface area contributed by atoms with Crippen LogP contribution in [0, 0.1) is 0 Å². The zero-order valence-corrected chi connectivity index (χ0v) is 14.1. The van der Waals surface area contributed by atoms with Gasteiger partial charge in [-0.25, -0.2) is 0 Å². The van der Waals surface area contributed by atoms with Crippen LogP contribution in [0.3, 0.4) is 0 Å². The van der Waals surface area contributed by atoms with Gasteiger partial charge in [-0.15, -0.1) is 10.2 Å². The molecule has 1 amide bonds. The molecule has 1 fully saturated rings. The first-order valence-electron chi connectivity index (χ1n) is 8.26. The topological polar surface area (TPSA) is 70.2 Å². The number of nitrogens with one attached hydrogen (secondary N) is 2. The number of carbonyl (C=O) groups is 1. The van der Waals surface area contributed by atoms with Crippen LogP contribution in [-0.4, -0.2) is 47.2 Å². The lowest BCUT2D eigenvalue weighted by Gasteiger charge is -2.27. The van der Waals surface area contributed by atoms with Gasteiger partial charge in [0.2, 0.25) is 0 Å². The van der Waals surface area contributed by atoms with Crippen LogP contribution in [0.25, 0.3) is 0 Å². The fraction of sp³-hybridized carbons (Fsp3) is 0.389. The lowest BCUT2D eigenvalue weighted by molar-refractivity contribution is 0.102. The number of anilines is 2. The third-order valence-corrected chi connectivity index (χ3v) is 4.40. The Morgan fingerprint density at radius 1 is 1.08 bits per heavy atom. The Labute approximate surface area is 142 Å². The average molecular weight is 325 g/mol. The third kappa shape index (κ3) is 3.89. The fourth-order valence-electron chi connectivity index (χ4n) is 3.16. The van der Waals surface area contributed by atoms with Gasteiger partial charge in [0.15, 0.2) is 5.69 Å². The highest BCUT2D eigenvalue weighted by molar-refractivity contribution is 6.02. The Hall–Kier alpha value is -2.47. The summed E-state index contributed by atoms with van der Waals surface area (Å²) in [5, 5.41) is 14.5. The van der Waals surface area contributed by atoms with E-state index in [4.69, 9.17) is 0 Å². The van der Waals surface area contributed by atoms with Gasteiger partial charge in [0.25, 0.3) is 5.91 Å². The van der Waals surface area contributed by atoms with E-state index >= 15 is 0 Å². The molecule has 0 spiro atoms.